The molecule has 27 heavy (non-hydrogen) atoms. The van der Waals surface area contributed by atoms with E-state index < -0.39 is 16.1 Å². The Bertz CT molecular complexity index is 1030. The summed E-state index contributed by atoms with van der Waals surface area (Å²) in [6, 6.07) is 16.4. The first-order valence-corrected chi connectivity index (χ1v) is 16.3. The molecule has 140 valence electrons. The maximum Gasteiger partial charge on any atom is 0.131 e. The van der Waals surface area contributed by atoms with E-state index in [-0.39, 0.29) is 4.91 Å². The zero-order valence-electron chi connectivity index (χ0n) is 16.8. The molecule has 0 aliphatic carbocycles. The summed E-state index contributed by atoms with van der Waals surface area (Å²) in [6.07, 6.45) is 0. The molecule has 0 N–H and O–H groups in total. The van der Waals surface area contributed by atoms with Crippen molar-refractivity contribution in [2.75, 3.05) is 0 Å². The van der Waals surface area contributed by atoms with E-state index in [1.807, 2.05) is 24.3 Å². The van der Waals surface area contributed by atoms with Gasteiger partial charge in [0.15, 0.2) is 0 Å². The fraction of sp³-hybridized carbons (Fsp3) is 0.368. The molecule has 0 bridgehead atoms. The van der Waals surface area contributed by atoms with Gasteiger partial charge < -0.3 is 0 Å². The molecule has 0 aliphatic heterocycles. The molecule has 6 nitrogen and oxygen atoms in total. The number of hydrogen-bond acceptors (Lipinski definition) is 4. The Morgan fingerprint density at radius 1 is 0.630 bits per heavy atom. The van der Waals surface area contributed by atoms with Crippen LogP contribution >= 0.6 is 0 Å². The van der Waals surface area contributed by atoms with Gasteiger partial charge in [-0.2, -0.15) is 0 Å². The molecule has 0 aliphatic rings. The molecule has 0 spiro atoms. The number of nitrogens with zero attached hydrogens (tertiary/aromatic N) is 6. The lowest BCUT2D eigenvalue weighted by molar-refractivity contribution is 0.387. The molecule has 0 saturated carbocycles. The van der Waals surface area contributed by atoms with E-state index in [0.717, 1.165) is 22.1 Å². The Morgan fingerprint density at radius 2 is 1.00 bits per heavy atom. The van der Waals surface area contributed by atoms with Gasteiger partial charge in [0.2, 0.25) is 0 Å². The second-order valence-electron chi connectivity index (χ2n) is 9.15. The summed E-state index contributed by atoms with van der Waals surface area (Å²) >= 11 is 0. The lowest BCUT2D eigenvalue weighted by Gasteiger charge is -2.51. The fourth-order valence-corrected chi connectivity index (χ4v) is 16.9. The second-order valence-corrected chi connectivity index (χ2v) is 20.0. The van der Waals surface area contributed by atoms with Crippen LogP contribution in [0, 0.1) is 0 Å². The van der Waals surface area contributed by atoms with E-state index in [4.69, 9.17) is 10.4 Å². The third kappa shape index (κ3) is 2.43. The van der Waals surface area contributed by atoms with Crippen LogP contribution in [0.5, 0.6) is 0 Å². The quantitative estimate of drug-likeness (QED) is 0.488. The van der Waals surface area contributed by atoms with Gasteiger partial charge in [-0.15, -0.1) is 10.2 Å². The SMILES string of the molecule is C[Si](C)(C)C(n1nnc2ccccc21)(n1nnc2ccccc21)[Si](C)(C)C. The minimum Gasteiger partial charge on any atom is -0.224 e. The van der Waals surface area contributed by atoms with Gasteiger partial charge in [0.05, 0.1) is 11.0 Å². The van der Waals surface area contributed by atoms with Crippen LogP contribution in [0.4, 0.5) is 0 Å². The van der Waals surface area contributed by atoms with E-state index in [1.54, 1.807) is 0 Å². The van der Waals surface area contributed by atoms with Crippen molar-refractivity contribution in [3.05, 3.63) is 48.5 Å². The van der Waals surface area contributed by atoms with E-state index >= 15 is 0 Å². The van der Waals surface area contributed by atoms with Crippen molar-refractivity contribution >= 4 is 38.2 Å². The zero-order valence-corrected chi connectivity index (χ0v) is 18.8. The summed E-state index contributed by atoms with van der Waals surface area (Å²) in [5.41, 5.74) is 3.95. The molecule has 0 fully saturated rings. The largest absolute Gasteiger partial charge is 0.224 e. The maximum absolute atomic E-state index is 4.71. The van der Waals surface area contributed by atoms with Gasteiger partial charge in [-0.25, -0.2) is 9.36 Å². The summed E-state index contributed by atoms with van der Waals surface area (Å²) in [5.74, 6) is 0. The number of hydrogen-bond donors (Lipinski definition) is 0. The lowest BCUT2D eigenvalue weighted by atomic mass is 10.3. The lowest BCUT2D eigenvalue weighted by Crippen LogP contribution is -2.71. The van der Waals surface area contributed by atoms with Gasteiger partial charge in [0, 0.05) is 0 Å². The molecule has 2 heterocycles. The number of fused-ring (bicyclic) bond motifs is 2. The van der Waals surface area contributed by atoms with Crippen molar-refractivity contribution in [3.63, 3.8) is 0 Å². The third-order valence-electron chi connectivity index (χ3n) is 5.41. The zero-order chi connectivity index (χ0) is 19.4. The minimum absolute atomic E-state index is 0.355. The van der Waals surface area contributed by atoms with Crippen molar-refractivity contribution in [3.8, 4) is 0 Å². The minimum atomic E-state index is -1.93. The summed E-state index contributed by atoms with van der Waals surface area (Å²) < 4.78 is 4.34. The second kappa shape index (κ2) is 5.83. The van der Waals surface area contributed by atoms with Crippen LogP contribution in [0.25, 0.3) is 22.1 Å². The Balaban J connectivity index is 2.20. The summed E-state index contributed by atoms with van der Waals surface area (Å²) in [4.78, 5) is -0.355. The summed E-state index contributed by atoms with van der Waals surface area (Å²) in [7, 11) is -3.87. The highest BCUT2D eigenvalue weighted by Gasteiger charge is 2.58. The van der Waals surface area contributed by atoms with Crippen molar-refractivity contribution in [1.82, 2.24) is 30.0 Å². The molecule has 2 aromatic carbocycles. The Hall–Kier alpha value is -2.33. The average Bonchev–Trinajstić information content (AvgIpc) is 3.19. The van der Waals surface area contributed by atoms with Crippen LogP contribution in [0.3, 0.4) is 0 Å². The molecule has 0 unspecified atom stereocenters. The first-order chi connectivity index (χ1) is 12.7. The van der Waals surface area contributed by atoms with Crippen LogP contribution in [-0.4, -0.2) is 46.1 Å². The molecular formula is C19H26N6Si2. The molecule has 0 atom stereocenters. The van der Waals surface area contributed by atoms with Crippen molar-refractivity contribution < 1.29 is 0 Å². The molecular weight excluding hydrogens is 368 g/mol. The van der Waals surface area contributed by atoms with Gasteiger partial charge in [-0.3, -0.25) is 0 Å². The van der Waals surface area contributed by atoms with Gasteiger partial charge >= 0.3 is 0 Å². The number of rotatable bonds is 4. The van der Waals surface area contributed by atoms with Gasteiger partial charge in [-0.05, 0) is 24.3 Å². The molecule has 2 aromatic heterocycles. The topological polar surface area (TPSA) is 61.4 Å². The van der Waals surface area contributed by atoms with Crippen LogP contribution in [0.1, 0.15) is 0 Å². The average molecular weight is 395 g/mol. The normalized spacial score (nSPS) is 13.6. The molecule has 8 heteroatoms. The Kier molecular flexibility index (Phi) is 3.90. The monoisotopic (exact) mass is 394 g/mol. The van der Waals surface area contributed by atoms with E-state index in [1.165, 1.54) is 0 Å². The maximum atomic E-state index is 4.71. The molecule has 0 saturated heterocycles. The van der Waals surface area contributed by atoms with Crippen molar-refractivity contribution in [1.29, 1.82) is 0 Å². The van der Waals surface area contributed by atoms with Crippen molar-refractivity contribution in [2.24, 2.45) is 0 Å². The highest BCUT2D eigenvalue weighted by molar-refractivity contribution is 6.97. The molecule has 0 radical (unpaired) electrons. The number of benzene rings is 2. The predicted octanol–water partition coefficient (Wildman–Crippen LogP) is 4.13. The standard InChI is InChI=1S/C19H26N6Si2/c1-26(2,3)19(27(4,5)6,24-17-13-9-7-11-15(17)20-22-24)25-18-14-10-8-12-16(18)21-23-25/h7-14H,1-6H3. The molecule has 0 amide bonds. The van der Waals surface area contributed by atoms with E-state index in [9.17, 15) is 0 Å². The number of para-hydroxylation sites is 2. The molecule has 4 rings (SSSR count). The Morgan fingerprint density at radius 3 is 1.37 bits per heavy atom. The first kappa shape index (κ1) is 18.1. The van der Waals surface area contributed by atoms with Gasteiger partial charge in [-0.1, -0.05) is 74.0 Å². The summed E-state index contributed by atoms with van der Waals surface area (Å²) in [6.45, 7) is 14.4. The fourth-order valence-electron chi connectivity index (χ4n) is 4.70. The van der Waals surface area contributed by atoms with Gasteiger partial charge in [0.25, 0.3) is 0 Å². The van der Waals surface area contributed by atoms with Crippen LogP contribution in [-0.2, 0) is 4.91 Å². The van der Waals surface area contributed by atoms with Gasteiger partial charge in [0.1, 0.15) is 32.1 Å². The van der Waals surface area contributed by atoms with Crippen LogP contribution in [0.15, 0.2) is 48.5 Å². The summed E-state index contributed by atoms with van der Waals surface area (Å²) in [5, 5.41) is 18.4. The predicted molar refractivity (Wildman–Crippen MR) is 115 cm³/mol. The van der Waals surface area contributed by atoms with E-state index in [2.05, 4.69) is 83.1 Å². The van der Waals surface area contributed by atoms with Crippen LogP contribution in [0.2, 0.25) is 39.3 Å². The third-order valence-corrected chi connectivity index (χ3v) is 14.9. The highest BCUT2D eigenvalue weighted by Crippen LogP contribution is 2.41. The number of aromatic nitrogens is 6. The van der Waals surface area contributed by atoms with Crippen molar-refractivity contribution in [2.45, 2.75) is 44.2 Å². The van der Waals surface area contributed by atoms with E-state index in [0.29, 0.717) is 0 Å². The smallest absolute Gasteiger partial charge is 0.131 e. The Labute approximate surface area is 161 Å². The molecule has 4 aromatic rings. The van der Waals surface area contributed by atoms with Crippen LogP contribution < -0.4 is 0 Å². The highest BCUT2D eigenvalue weighted by atomic mass is 28.4. The first-order valence-electron chi connectivity index (χ1n) is 9.30.